The molecule has 0 aromatic heterocycles. The van der Waals surface area contributed by atoms with Crippen molar-refractivity contribution >= 4 is 27.9 Å². The standard InChI is InChI=1S/C13H19BrN2O/c1-15(2)7-4-8-16(3)13-9-12(14)6-5-11(13)10-17/h5-6,9-10H,4,7-8H2,1-3H3. The Hall–Kier alpha value is -0.870. The molecule has 94 valence electrons. The van der Waals surface area contributed by atoms with Gasteiger partial charge in [0.1, 0.15) is 0 Å². The number of nitrogens with zero attached hydrogens (tertiary/aromatic N) is 2. The summed E-state index contributed by atoms with van der Waals surface area (Å²) >= 11 is 3.43. The first-order chi connectivity index (χ1) is 8.04. The number of hydrogen-bond acceptors (Lipinski definition) is 3. The normalized spacial score (nSPS) is 10.6. The van der Waals surface area contributed by atoms with Crippen LogP contribution in [0.15, 0.2) is 22.7 Å². The summed E-state index contributed by atoms with van der Waals surface area (Å²) in [4.78, 5) is 15.3. The van der Waals surface area contributed by atoms with E-state index >= 15 is 0 Å². The lowest BCUT2D eigenvalue weighted by atomic mass is 10.2. The second kappa shape index (κ2) is 6.77. The van der Waals surface area contributed by atoms with Gasteiger partial charge in [-0.1, -0.05) is 15.9 Å². The summed E-state index contributed by atoms with van der Waals surface area (Å²) in [5, 5.41) is 0. The van der Waals surface area contributed by atoms with Crippen molar-refractivity contribution in [3.8, 4) is 0 Å². The number of carbonyl (C=O) groups excluding carboxylic acids is 1. The van der Waals surface area contributed by atoms with Gasteiger partial charge in [-0.2, -0.15) is 0 Å². The van der Waals surface area contributed by atoms with Gasteiger partial charge in [0.25, 0.3) is 0 Å². The topological polar surface area (TPSA) is 23.6 Å². The fraction of sp³-hybridized carbons (Fsp3) is 0.462. The largest absolute Gasteiger partial charge is 0.374 e. The first kappa shape index (κ1) is 14.2. The van der Waals surface area contributed by atoms with Crippen molar-refractivity contribution in [1.29, 1.82) is 0 Å². The van der Waals surface area contributed by atoms with E-state index in [4.69, 9.17) is 0 Å². The molecule has 0 atom stereocenters. The van der Waals surface area contributed by atoms with Crippen molar-refractivity contribution in [1.82, 2.24) is 4.90 Å². The van der Waals surface area contributed by atoms with Crippen LogP contribution in [0.3, 0.4) is 0 Å². The highest BCUT2D eigenvalue weighted by molar-refractivity contribution is 9.10. The molecule has 0 saturated carbocycles. The molecule has 17 heavy (non-hydrogen) atoms. The van der Waals surface area contributed by atoms with E-state index in [1.54, 1.807) is 0 Å². The van der Waals surface area contributed by atoms with Gasteiger partial charge in [-0.15, -0.1) is 0 Å². The molecule has 0 unspecified atom stereocenters. The van der Waals surface area contributed by atoms with E-state index in [1.165, 1.54) is 0 Å². The maximum Gasteiger partial charge on any atom is 0.152 e. The molecule has 0 radical (unpaired) electrons. The highest BCUT2D eigenvalue weighted by Gasteiger charge is 2.07. The number of carbonyl (C=O) groups is 1. The lowest BCUT2D eigenvalue weighted by Crippen LogP contribution is -2.24. The zero-order valence-corrected chi connectivity index (χ0v) is 12.2. The fourth-order valence-electron chi connectivity index (χ4n) is 1.69. The van der Waals surface area contributed by atoms with Crippen LogP contribution in [0.25, 0.3) is 0 Å². The minimum Gasteiger partial charge on any atom is -0.374 e. The Balaban J connectivity index is 2.70. The zero-order valence-electron chi connectivity index (χ0n) is 10.6. The molecule has 3 nitrogen and oxygen atoms in total. The number of rotatable bonds is 6. The van der Waals surface area contributed by atoms with Gasteiger partial charge in [0.15, 0.2) is 6.29 Å². The van der Waals surface area contributed by atoms with Crippen LogP contribution in [-0.2, 0) is 0 Å². The number of hydrogen-bond donors (Lipinski definition) is 0. The molecule has 0 aliphatic rings. The summed E-state index contributed by atoms with van der Waals surface area (Å²) in [7, 11) is 6.15. The van der Waals surface area contributed by atoms with Gasteiger partial charge in [-0.3, -0.25) is 4.79 Å². The molecule has 0 aliphatic carbocycles. The van der Waals surface area contributed by atoms with Crippen molar-refractivity contribution in [3.63, 3.8) is 0 Å². The van der Waals surface area contributed by atoms with Gasteiger partial charge >= 0.3 is 0 Å². The number of anilines is 1. The molecule has 0 heterocycles. The molecule has 4 heteroatoms. The maximum absolute atomic E-state index is 11.0. The molecule has 1 aromatic rings. The molecule has 0 saturated heterocycles. The van der Waals surface area contributed by atoms with Gasteiger partial charge in [0.2, 0.25) is 0 Å². The SMILES string of the molecule is CN(C)CCCN(C)c1cc(Br)ccc1C=O. The molecule has 0 bridgehead atoms. The summed E-state index contributed by atoms with van der Waals surface area (Å²) in [6.45, 7) is 1.99. The summed E-state index contributed by atoms with van der Waals surface area (Å²) in [6, 6.07) is 5.72. The average molecular weight is 299 g/mol. The quantitative estimate of drug-likeness (QED) is 0.755. The second-order valence-electron chi connectivity index (χ2n) is 4.40. The third-order valence-corrected chi connectivity index (χ3v) is 3.12. The number of halogens is 1. The first-order valence-corrected chi connectivity index (χ1v) is 6.44. The molecule has 1 aromatic carbocycles. The van der Waals surface area contributed by atoms with E-state index in [0.29, 0.717) is 0 Å². The Morgan fingerprint density at radius 2 is 1.94 bits per heavy atom. The van der Waals surface area contributed by atoms with Gasteiger partial charge in [-0.05, 0) is 45.3 Å². The molecule has 0 aliphatic heterocycles. The van der Waals surface area contributed by atoms with Crippen LogP contribution >= 0.6 is 15.9 Å². The molecule has 0 spiro atoms. The summed E-state index contributed by atoms with van der Waals surface area (Å²) < 4.78 is 0.998. The third kappa shape index (κ3) is 4.48. The molecular weight excluding hydrogens is 280 g/mol. The smallest absolute Gasteiger partial charge is 0.152 e. The predicted molar refractivity (Wildman–Crippen MR) is 76.0 cm³/mol. The van der Waals surface area contributed by atoms with Crippen LogP contribution < -0.4 is 4.90 Å². The first-order valence-electron chi connectivity index (χ1n) is 5.65. The molecule has 0 fully saturated rings. The zero-order chi connectivity index (χ0) is 12.8. The van der Waals surface area contributed by atoms with Crippen LogP contribution in [-0.4, -0.2) is 45.4 Å². The van der Waals surface area contributed by atoms with Gasteiger partial charge in [0.05, 0.1) is 0 Å². The summed E-state index contributed by atoms with van der Waals surface area (Å²) in [5.41, 5.74) is 1.72. The highest BCUT2D eigenvalue weighted by Crippen LogP contribution is 2.23. The van der Waals surface area contributed by atoms with Crippen LogP contribution in [0.4, 0.5) is 5.69 Å². The van der Waals surface area contributed by atoms with Crippen LogP contribution in [0.2, 0.25) is 0 Å². The minimum absolute atomic E-state index is 0.737. The van der Waals surface area contributed by atoms with Gasteiger partial charge in [-0.25, -0.2) is 0 Å². The second-order valence-corrected chi connectivity index (χ2v) is 5.32. The van der Waals surface area contributed by atoms with Crippen molar-refractivity contribution in [2.45, 2.75) is 6.42 Å². The van der Waals surface area contributed by atoms with Crippen LogP contribution in [0.1, 0.15) is 16.8 Å². The van der Waals surface area contributed by atoms with Gasteiger partial charge in [0, 0.05) is 29.3 Å². The lowest BCUT2D eigenvalue weighted by molar-refractivity contribution is 0.112. The third-order valence-electron chi connectivity index (χ3n) is 2.63. The summed E-state index contributed by atoms with van der Waals surface area (Å²) in [6.07, 6.45) is 1.98. The van der Waals surface area contributed by atoms with Crippen molar-refractivity contribution in [3.05, 3.63) is 28.2 Å². The van der Waals surface area contributed by atoms with Crippen molar-refractivity contribution < 1.29 is 4.79 Å². The monoisotopic (exact) mass is 298 g/mol. The van der Waals surface area contributed by atoms with Gasteiger partial charge < -0.3 is 9.80 Å². The molecular formula is C13H19BrN2O. The Morgan fingerprint density at radius 1 is 1.24 bits per heavy atom. The lowest BCUT2D eigenvalue weighted by Gasteiger charge is -2.22. The number of benzene rings is 1. The van der Waals surface area contributed by atoms with E-state index < -0.39 is 0 Å². The fourth-order valence-corrected chi connectivity index (χ4v) is 2.04. The Morgan fingerprint density at radius 3 is 2.53 bits per heavy atom. The van der Waals surface area contributed by atoms with E-state index in [-0.39, 0.29) is 0 Å². The minimum atomic E-state index is 0.737. The molecule has 0 N–H and O–H groups in total. The highest BCUT2D eigenvalue weighted by atomic mass is 79.9. The maximum atomic E-state index is 11.0. The van der Waals surface area contributed by atoms with E-state index in [1.807, 2.05) is 25.2 Å². The van der Waals surface area contributed by atoms with Crippen LogP contribution in [0.5, 0.6) is 0 Å². The van der Waals surface area contributed by atoms with E-state index in [0.717, 1.165) is 41.5 Å². The Bertz CT molecular complexity index is 380. The van der Waals surface area contributed by atoms with Crippen molar-refractivity contribution in [2.75, 3.05) is 39.1 Å². The van der Waals surface area contributed by atoms with E-state index in [9.17, 15) is 4.79 Å². The summed E-state index contributed by atoms with van der Waals surface area (Å²) in [5.74, 6) is 0. The van der Waals surface area contributed by atoms with Crippen molar-refractivity contribution in [2.24, 2.45) is 0 Å². The average Bonchev–Trinajstić information content (AvgIpc) is 2.28. The Kier molecular flexibility index (Phi) is 5.65. The predicted octanol–water partition coefficient (Wildman–Crippen LogP) is 2.65. The van der Waals surface area contributed by atoms with E-state index in [2.05, 4.69) is 39.8 Å². The van der Waals surface area contributed by atoms with Crippen LogP contribution in [0, 0.1) is 0 Å². The molecule has 1 rings (SSSR count). The Labute approximate surface area is 112 Å². The number of aldehydes is 1. The molecule has 0 amide bonds.